The number of phenolic OH excluding ortho intramolecular Hbond substituents is 1. The van der Waals surface area contributed by atoms with Crippen LogP contribution in [-0.4, -0.2) is 70.8 Å². The van der Waals surface area contributed by atoms with Crippen LogP contribution >= 0.6 is 0 Å². The second-order valence-electron chi connectivity index (χ2n) is 16.5. The Balaban J connectivity index is 0.806. The van der Waals surface area contributed by atoms with Gasteiger partial charge in [-0.1, -0.05) is 85.8 Å². The number of hydrogen-bond acceptors (Lipinski definition) is 8. The second kappa shape index (κ2) is 20.9. The number of para-hydroxylation sites is 1. The molecule has 0 spiro atoms. The number of nitrogens with one attached hydrogen (secondary N) is 3. The number of rotatable bonds is 16. The second-order valence-corrected chi connectivity index (χ2v) is 16.5. The Hall–Kier alpha value is -6.76. The first-order valence-corrected chi connectivity index (χ1v) is 21.6. The Labute approximate surface area is 367 Å². The molecule has 63 heavy (non-hydrogen) atoms. The number of pyridine rings is 1. The van der Waals surface area contributed by atoms with E-state index in [1.165, 1.54) is 12.1 Å². The molecule has 2 heterocycles. The summed E-state index contributed by atoms with van der Waals surface area (Å²) < 4.78 is 5.78. The minimum Gasteiger partial charge on any atom is -0.506 e. The molecular weight excluding hydrogens is 795 g/mol. The number of amides is 3. The van der Waals surface area contributed by atoms with Crippen LogP contribution in [-0.2, 0) is 27.2 Å². The normalized spacial score (nSPS) is 14.1. The van der Waals surface area contributed by atoms with E-state index in [1.54, 1.807) is 24.1 Å². The van der Waals surface area contributed by atoms with Crippen LogP contribution in [0.25, 0.3) is 22.0 Å². The SMILES string of the molecule is C[C@@H](CC[C@H](O)c1ccc(O)c2[nH]c(=O)ccc12)Cc1cccc(NC(=O)Cc2ccc(N(C)C(=O)CCN3CCC(OC(=O)Nc4ccccc4-c4ccccc4)CC3)cc2)c1. The topological polar surface area (TPSA) is 164 Å². The summed E-state index contributed by atoms with van der Waals surface area (Å²) in [6.07, 6.45) is 2.49. The number of benzene rings is 5. The fraction of sp³-hybridized carbons (Fsp3) is 0.294. The number of carbonyl (C=O) groups excluding carboxylic acids is 3. The molecule has 7 rings (SSSR count). The summed E-state index contributed by atoms with van der Waals surface area (Å²) in [5.41, 5.74) is 6.64. The fourth-order valence-corrected chi connectivity index (χ4v) is 8.22. The molecule has 0 saturated carbocycles. The van der Waals surface area contributed by atoms with Gasteiger partial charge in [0, 0.05) is 61.5 Å². The van der Waals surface area contributed by atoms with Crippen LogP contribution in [0.2, 0.25) is 0 Å². The van der Waals surface area contributed by atoms with Gasteiger partial charge >= 0.3 is 6.09 Å². The summed E-state index contributed by atoms with van der Waals surface area (Å²) in [6, 6.07) is 39.0. The summed E-state index contributed by atoms with van der Waals surface area (Å²) in [5.74, 6) is 0.0485. The predicted octanol–water partition coefficient (Wildman–Crippen LogP) is 8.84. The molecule has 0 unspecified atom stereocenters. The smallest absolute Gasteiger partial charge is 0.411 e. The molecule has 12 nitrogen and oxygen atoms in total. The lowest BCUT2D eigenvalue weighted by atomic mass is 9.92. The lowest BCUT2D eigenvalue weighted by Crippen LogP contribution is -2.40. The maximum Gasteiger partial charge on any atom is 0.411 e. The molecule has 0 bridgehead atoms. The Morgan fingerprint density at radius 2 is 1.59 bits per heavy atom. The molecule has 1 aliphatic heterocycles. The van der Waals surface area contributed by atoms with Gasteiger partial charge in [0.1, 0.15) is 11.9 Å². The van der Waals surface area contributed by atoms with E-state index in [0.29, 0.717) is 60.1 Å². The summed E-state index contributed by atoms with van der Waals surface area (Å²) in [4.78, 5) is 57.3. The highest BCUT2D eigenvalue weighted by molar-refractivity contribution is 5.94. The van der Waals surface area contributed by atoms with Crippen molar-refractivity contribution in [3.05, 3.63) is 154 Å². The molecule has 5 N–H and O–H groups in total. The molecule has 5 aromatic carbocycles. The van der Waals surface area contributed by atoms with Crippen LogP contribution in [0.4, 0.5) is 21.9 Å². The Kier molecular flexibility index (Phi) is 14.7. The number of aliphatic hydroxyl groups excluding tert-OH is 1. The van der Waals surface area contributed by atoms with Crippen molar-refractivity contribution in [2.75, 3.05) is 42.2 Å². The van der Waals surface area contributed by atoms with Crippen molar-refractivity contribution in [3.63, 3.8) is 0 Å². The highest BCUT2D eigenvalue weighted by Gasteiger charge is 2.24. The molecule has 6 aromatic rings. The van der Waals surface area contributed by atoms with Crippen molar-refractivity contribution >= 4 is 45.9 Å². The van der Waals surface area contributed by atoms with Crippen molar-refractivity contribution in [2.24, 2.45) is 5.92 Å². The van der Waals surface area contributed by atoms with E-state index >= 15 is 0 Å². The van der Waals surface area contributed by atoms with Crippen LogP contribution in [0.1, 0.15) is 61.8 Å². The number of ether oxygens (including phenoxy) is 1. The highest BCUT2D eigenvalue weighted by Crippen LogP contribution is 2.32. The van der Waals surface area contributed by atoms with Crippen molar-refractivity contribution in [3.8, 4) is 16.9 Å². The van der Waals surface area contributed by atoms with Crippen LogP contribution in [0.5, 0.6) is 5.75 Å². The Bertz CT molecular complexity index is 2570. The third kappa shape index (κ3) is 12.0. The highest BCUT2D eigenvalue weighted by atomic mass is 16.6. The lowest BCUT2D eigenvalue weighted by Gasteiger charge is -2.31. The van der Waals surface area contributed by atoms with E-state index < -0.39 is 12.2 Å². The number of nitrogens with zero attached hydrogens (tertiary/aromatic N) is 2. The first-order valence-electron chi connectivity index (χ1n) is 21.6. The van der Waals surface area contributed by atoms with Gasteiger partial charge in [-0.05, 0) is 103 Å². The number of carbonyl (C=O) groups is 3. The van der Waals surface area contributed by atoms with E-state index in [-0.39, 0.29) is 41.6 Å². The van der Waals surface area contributed by atoms with Gasteiger partial charge in [0.2, 0.25) is 17.4 Å². The van der Waals surface area contributed by atoms with Crippen LogP contribution in [0.15, 0.2) is 132 Å². The average molecular weight is 850 g/mol. The predicted molar refractivity (Wildman–Crippen MR) is 248 cm³/mol. The number of H-pyrrole nitrogens is 1. The summed E-state index contributed by atoms with van der Waals surface area (Å²) >= 11 is 0. The zero-order chi connectivity index (χ0) is 44.3. The van der Waals surface area contributed by atoms with E-state index in [2.05, 4.69) is 27.4 Å². The maximum absolute atomic E-state index is 13.2. The number of likely N-dealkylation sites (tertiary alicyclic amines) is 1. The number of aliphatic hydroxyl groups is 1. The number of hydrogen-bond donors (Lipinski definition) is 5. The molecule has 12 heteroatoms. The van der Waals surface area contributed by atoms with Gasteiger partial charge in [-0.15, -0.1) is 0 Å². The van der Waals surface area contributed by atoms with Gasteiger partial charge < -0.3 is 35.1 Å². The molecule has 0 aliphatic carbocycles. The monoisotopic (exact) mass is 849 g/mol. The minimum absolute atomic E-state index is 0.00898. The van der Waals surface area contributed by atoms with Crippen LogP contribution in [0, 0.1) is 5.92 Å². The lowest BCUT2D eigenvalue weighted by molar-refractivity contribution is -0.119. The summed E-state index contributed by atoms with van der Waals surface area (Å²) in [7, 11) is 1.76. The zero-order valence-electron chi connectivity index (χ0n) is 35.8. The molecule has 1 aliphatic rings. The zero-order valence-corrected chi connectivity index (χ0v) is 35.8. The third-order valence-electron chi connectivity index (χ3n) is 11.8. The first kappa shape index (κ1) is 44.3. The molecule has 1 aromatic heterocycles. The molecular formula is C51H55N5O7. The van der Waals surface area contributed by atoms with Crippen molar-refractivity contribution in [1.29, 1.82) is 0 Å². The van der Waals surface area contributed by atoms with E-state index in [1.807, 2.05) is 103 Å². The molecule has 2 atom stereocenters. The van der Waals surface area contributed by atoms with Crippen LogP contribution in [0.3, 0.4) is 0 Å². The molecule has 0 radical (unpaired) electrons. The maximum atomic E-state index is 13.2. The first-order chi connectivity index (χ1) is 30.5. The number of aromatic hydroxyl groups is 1. The van der Waals surface area contributed by atoms with E-state index in [0.717, 1.165) is 53.9 Å². The number of aromatic nitrogens is 1. The average Bonchev–Trinajstić information content (AvgIpc) is 3.28. The number of fused-ring (bicyclic) bond motifs is 1. The van der Waals surface area contributed by atoms with Gasteiger partial charge in [-0.3, -0.25) is 19.7 Å². The third-order valence-corrected chi connectivity index (χ3v) is 11.8. The van der Waals surface area contributed by atoms with Gasteiger partial charge in [0.15, 0.2) is 0 Å². The summed E-state index contributed by atoms with van der Waals surface area (Å²) in [6.45, 7) is 4.19. The van der Waals surface area contributed by atoms with E-state index in [4.69, 9.17) is 4.74 Å². The Morgan fingerprint density at radius 1 is 0.841 bits per heavy atom. The number of aromatic amines is 1. The quantitative estimate of drug-likeness (QED) is 0.0645. The number of piperidine rings is 1. The van der Waals surface area contributed by atoms with Crippen molar-refractivity contribution < 1.29 is 29.3 Å². The van der Waals surface area contributed by atoms with Gasteiger partial charge in [0.25, 0.3) is 0 Å². The minimum atomic E-state index is -0.761. The number of phenols is 1. The fourth-order valence-electron chi connectivity index (χ4n) is 8.22. The van der Waals surface area contributed by atoms with Gasteiger partial charge in [-0.25, -0.2) is 4.79 Å². The van der Waals surface area contributed by atoms with Gasteiger partial charge in [-0.2, -0.15) is 0 Å². The standard InChI is InChI=1S/C51H55N5O7/c1-34(15-22-45(57)42-20-23-46(58)50-43(42)21-24-47(59)54-50)31-36-9-8-12-38(32-36)52-48(60)33-35-16-18-39(19-17-35)55(2)49(61)27-30-56-28-25-40(26-29-56)63-51(62)53-44-14-7-6-13-41(44)37-10-4-3-5-11-37/h3-14,16-21,23-24,32,34,40,45,57-58H,15,22,25-31,33H2,1-2H3,(H,52,60)(H,53,62)(H,54,59)/t34-,45-/m0/s1. The molecule has 326 valence electrons. The van der Waals surface area contributed by atoms with Crippen molar-refractivity contribution in [2.45, 2.75) is 64.1 Å². The molecule has 1 fully saturated rings. The van der Waals surface area contributed by atoms with E-state index in [9.17, 15) is 29.4 Å². The van der Waals surface area contributed by atoms with Crippen LogP contribution < -0.4 is 21.1 Å². The molecule has 3 amide bonds. The summed E-state index contributed by atoms with van der Waals surface area (Å²) in [5, 5.41) is 27.8. The van der Waals surface area contributed by atoms with Gasteiger partial charge in [0.05, 0.1) is 23.7 Å². The Morgan fingerprint density at radius 3 is 2.37 bits per heavy atom. The molecule has 1 saturated heterocycles. The number of anilines is 3. The van der Waals surface area contributed by atoms with Crippen molar-refractivity contribution in [1.82, 2.24) is 9.88 Å². The largest absolute Gasteiger partial charge is 0.506 e.